The fourth-order valence-electron chi connectivity index (χ4n) is 2.06. The molecule has 0 bridgehead atoms. The summed E-state index contributed by atoms with van der Waals surface area (Å²) >= 11 is 0. The topological polar surface area (TPSA) is 71.1 Å². The second kappa shape index (κ2) is 3.51. The first-order chi connectivity index (χ1) is 6.31. The lowest BCUT2D eigenvalue weighted by molar-refractivity contribution is -0.0177. The van der Waals surface area contributed by atoms with Gasteiger partial charge in [0, 0.05) is 12.6 Å². The average molecular weight is 185 g/mol. The van der Waals surface area contributed by atoms with Gasteiger partial charge in [0.05, 0.1) is 6.61 Å². The van der Waals surface area contributed by atoms with Gasteiger partial charge in [-0.2, -0.15) is 0 Å². The van der Waals surface area contributed by atoms with Crippen molar-refractivity contribution in [2.24, 2.45) is 10.9 Å². The van der Waals surface area contributed by atoms with E-state index in [1.54, 1.807) is 0 Å². The van der Waals surface area contributed by atoms with Gasteiger partial charge in [0.25, 0.3) is 0 Å². The minimum absolute atomic E-state index is 0.186. The standard InChI is InChI=1S/C8H15N3O2/c9-8(10-12)7-4-11-3-1-2-6(11)5-13-7/h6-7,12H,1-5H2,(H2,9,10). The Morgan fingerprint density at radius 1 is 1.62 bits per heavy atom. The summed E-state index contributed by atoms with van der Waals surface area (Å²) in [5, 5.41) is 11.5. The van der Waals surface area contributed by atoms with Gasteiger partial charge in [-0.05, 0) is 19.4 Å². The zero-order chi connectivity index (χ0) is 9.26. The molecule has 0 spiro atoms. The van der Waals surface area contributed by atoms with Crippen LogP contribution in [0.15, 0.2) is 5.16 Å². The van der Waals surface area contributed by atoms with E-state index in [2.05, 4.69) is 10.1 Å². The molecule has 0 aromatic heterocycles. The van der Waals surface area contributed by atoms with Crippen molar-refractivity contribution in [2.75, 3.05) is 19.7 Å². The predicted octanol–water partition coefficient (Wildman–Crippen LogP) is -0.404. The van der Waals surface area contributed by atoms with Gasteiger partial charge in [-0.1, -0.05) is 5.16 Å². The highest BCUT2D eigenvalue weighted by Gasteiger charge is 2.33. The van der Waals surface area contributed by atoms with Gasteiger partial charge in [0.15, 0.2) is 5.84 Å². The molecule has 2 saturated heterocycles. The Morgan fingerprint density at radius 3 is 3.23 bits per heavy atom. The van der Waals surface area contributed by atoms with E-state index in [1.165, 1.54) is 12.8 Å². The Hall–Kier alpha value is -0.810. The van der Waals surface area contributed by atoms with Gasteiger partial charge in [-0.15, -0.1) is 0 Å². The lowest BCUT2D eigenvalue weighted by Crippen LogP contribution is -2.50. The summed E-state index contributed by atoms with van der Waals surface area (Å²) in [7, 11) is 0. The van der Waals surface area contributed by atoms with Crippen LogP contribution in [-0.2, 0) is 4.74 Å². The summed E-state index contributed by atoms with van der Waals surface area (Å²) in [5.74, 6) is 0.186. The van der Waals surface area contributed by atoms with E-state index in [1.807, 2.05) is 0 Å². The van der Waals surface area contributed by atoms with Gasteiger partial charge in [0.1, 0.15) is 6.10 Å². The van der Waals surface area contributed by atoms with Crippen LogP contribution in [0.2, 0.25) is 0 Å². The van der Waals surface area contributed by atoms with Crippen LogP contribution in [0.4, 0.5) is 0 Å². The third-order valence-electron chi connectivity index (χ3n) is 2.83. The van der Waals surface area contributed by atoms with Gasteiger partial charge in [-0.3, -0.25) is 4.90 Å². The summed E-state index contributed by atoms with van der Waals surface area (Å²) in [5.41, 5.74) is 5.48. The molecule has 5 nitrogen and oxygen atoms in total. The number of nitrogens with zero attached hydrogens (tertiary/aromatic N) is 2. The van der Waals surface area contributed by atoms with Crippen LogP contribution in [-0.4, -0.2) is 47.8 Å². The Balaban J connectivity index is 1.97. The molecule has 0 radical (unpaired) electrons. The molecule has 5 heteroatoms. The monoisotopic (exact) mass is 185 g/mol. The molecule has 0 aromatic rings. The zero-order valence-corrected chi connectivity index (χ0v) is 7.52. The van der Waals surface area contributed by atoms with Crippen LogP contribution >= 0.6 is 0 Å². The first-order valence-electron chi connectivity index (χ1n) is 4.64. The lowest BCUT2D eigenvalue weighted by Gasteiger charge is -2.34. The third-order valence-corrected chi connectivity index (χ3v) is 2.83. The molecule has 0 saturated carbocycles. The first-order valence-corrected chi connectivity index (χ1v) is 4.64. The van der Waals surface area contributed by atoms with Crippen LogP contribution in [0, 0.1) is 0 Å². The summed E-state index contributed by atoms with van der Waals surface area (Å²) in [4.78, 5) is 2.35. The van der Waals surface area contributed by atoms with Crippen molar-refractivity contribution in [3.8, 4) is 0 Å². The van der Waals surface area contributed by atoms with E-state index in [9.17, 15) is 0 Å². The SMILES string of the molecule is N/C(=N\O)C1CN2CCCC2CO1. The summed E-state index contributed by atoms with van der Waals surface area (Å²) in [6.07, 6.45) is 2.22. The van der Waals surface area contributed by atoms with Gasteiger partial charge < -0.3 is 15.7 Å². The molecule has 0 aliphatic carbocycles. The van der Waals surface area contributed by atoms with Gasteiger partial charge >= 0.3 is 0 Å². The van der Waals surface area contributed by atoms with Crippen LogP contribution < -0.4 is 5.73 Å². The molecule has 0 aromatic carbocycles. The molecule has 2 heterocycles. The summed E-state index contributed by atoms with van der Waals surface area (Å²) in [6.45, 7) is 2.59. The van der Waals surface area contributed by atoms with Crippen LogP contribution in [0.3, 0.4) is 0 Å². The van der Waals surface area contributed by atoms with E-state index >= 15 is 0 Å². The van der Waals surface area contributed by atoms with Crippen LogP contribution in [0.25, 0.3) is 0 Å². The highest BCUT2D eigenvalue weighted by atomic mass is 16.5. The molecule has 2 unspecified atom stereocenters. The van der Waals surface area contributed by atoms with Gasteiger partial charge in [-0.25, -0.2) is 0 Å². The molecule has 2 aliphatic rings. The molecule has 2 aliphatic heterocycles. The highest BCUT2D eigenvalue weighted by Crippen LogP contribution is 2.22. The van der Waals surface area contributed by atoms with Crippen molar-refractivity contribution in [3.63, 3.8) is 0 Å². The fraction of sp³-hybridized carbons (Fsp3) is 0.875. The number of nitrogens with two attached hydrogens (primary N) is 1. The van der Waals surface area contributed by atoms with E-state index in [4.69, 9.17) is 15.7 Å². The molecule has 3 N–H and O–H groups in total. The number of oxime groups is 1. The van der Waals surface area contributed by atoms with Crippen LogP contribution in [0.1, 0.15) is 12.8 Å². The fourth-order valence-corrected chi connectivity index (χ4v) is 2.06. The molecular formula is C8H15N3O2. The number of hydrogen-bond donors (Lipinski definition) is 2. The van der Waals surface area contributed by atoms with E-state index < -0.39 is 0 Å². The minimum Gasteiger partial charge on any atom is -0.409 e. The summed E-state index contributed by atoms with van der Waals surface area (Å²) in [6, 6.07) is 0.558. The molecule has 2 atom stereocenters. The number of rotatable bonds is 1. The van der Waals surface area contributed by atoms with Crippen molar-refractivity contribution in [3.05, 3.63) is 0 Å². The normalized spacial score (nSPS) is 36.2. The minimum atomic E-state index is -0.223. The van der Waals surface area contributed by atoms with E-state index in [0.29, 0.717) is 12.6 Å². The third kappa shape index (κ3) is 1.62. The van der Waals surface area contributed by atoms with Crippen LogP contribution in [0.5, 0.6) is 0 Å². The Labute approximate surface area is 77.1 Å². The molecular weight excluding hydrogens is 170 g/mol. The second-order valence-corrected chi connectivity index (χ2v) is 3.64. The Morgan fingerprint density at radius 2 is 2.46 bits per heavy atom. The van der Waals surface area contributed by atoms with E-state index in [0.717, 1.165) is 13.1 Å². The number of ether oxygens (including phenoxy) is 1. The maximum atomic E-state index is 8.49. The zero-order valence-electron chi connectivity index (χ0n) is 7.52. The Bertz CT molecular complexity index is 219. The molecule has 2 rings (SSSR count). The molecule has 13 heavy (non-hydrogen) atoms. The van der Waals surface area contributed by atoms with Gasteiger partial charge in [0.2, 0.25) is 0 Å². The van der Waals surface area contributed by atoms with Crippen molar-refractivity contribution < 1.29 is 9.94 Å². The first kappa shape index (κ1) is 8.77. The number of hydrogen-bond acceptors (Lipinski definition) is 4. The molecule has 2 fully saturated rings. The number of amidine groups is 1. The second-order valence-electron chi connectivity index (χ2n) is 3.64. The Kier molecular flexibility index (Phi) is 2.37. The maximum absolute atomic E-state index is 8.49. The largest absolute Gasteiger partial charge is 0.409 e. The summed E-state index contributed by atoms with van der Waals surface area (Å²) < 4.78 is 5.49. The number of morpholine rings is 1. The van der Waals surface area contributed by atoms with E-state index in [-0.39, 0.29) is 11.9 Å². The van der Waals surface area contributed by atoms with Crippen molar-refractivity contribution in [1.29, 1.82) is 0 Å². The van der Waals surface area contributed by atoms with Crippen molar-refractivity contribution in [2.45, 2.75) is 25.0 Å². The maximum Gasteiger partial charge on any atom is 0.169 e. The smallest absolute Gasteiger partial charge is 0.169 e. The predicted molar refractivity (Wildman–Crippen MR) is 47.7 cm³/mol. The average Bonchev–Trinajstić information content (AvgIpc) is 2.63. The molecule has 74 valence electrons. The highest BCUT2D eigenvalue weighted by molar-refractivity contribution is 5.84. The molecule has 0 amide bonds. The van der Waals surface area contributed by atoms with Crippen molar-refractivity contribution in [1.82, 2.24) is 4.90 Å². The van der Waals surface area contributed by atoms with Crippen molar-refractivity contribution >= 4 is 5.84 Å². The number of fused-ring (bicyclic) bond motifs is 1. The quantitative estimate of drug-likeness (QED) is 0.252. The lowest BCUT2D eigenvalue weighted by atomic mass is 10.2.